The molecule has 1 heterocycles. The molecule has 0 saturated carbocycles. The SMILES string of the molecule is O=[N+]([O-])[C@@H]1CC[C@H](O)O[C@@H]1c1cc(F)ccc1F. The lowest BCUT2D eigenvalue weighted by Gasteiger charge is -2.29. The third-order valence-corrected chi connectivity index (χ3v) is 2.90. The smallest absolute Gasteiger partial charge is 0.243 e. The van der Waals surface area contributed by atoms with Crippen molar-refractivity contribution in [3.8, 4) is 0 Å². The van der Waals surface area contributed by atoms with Gasteiger partial charge in [-0.1, -0.05) is 0 Å². The first-order chi connectivity index (χ1) is 8.49. The molecular formula is C11H11F2NO4. The van der Waals surface area contributed by atoms with Gasteiger partial charge in [-0.15, -0.1) is 0 Å². The van der Waals surface area contributed by atoms with E-state index in [-0.39, 0.29) is 18.4 Å². The quantitative estimate of drug-likeness (QED) is 0.649. The Hall–Kier alpha value is -1.60. The van der Waals surface area contributed by atoms with Crippen molar-refractivity contribution < 1.29 is 23.5 Å². The Labute approximate surface area is 101 Å². The normalized spacial score (nSPS) is 28.1. The molecule has 3 atom stereocenters. The monoisotopic (exact) mass is 259 g/mol. The molecule has 0 bridgehead atoms. The van der Waals surface area contributed by atoms with Crippen molar-refractivity contribution in [3.63, 3.8) is 0 Å². The second-order valence-electron chi connectivity index (χ2n) is 4.11. The summed E-state index contributed by atoms with van der Waals surface area (Å²) < 4.78 is 31.6. The summed E-state index contributed by atoms with van der Waals surface area (Å²) in [5.41, 5.74) is -0.240. The predicted molar refractivity (Wildman–Crippen MR) is 56.2 cm³/mol. The minimum atomic E-state index is -1.28. The van der Waals surface area contributed by atoms with Crippen molar-refractivity contribution in [1.82, 2.24) is 0 Å². The molecule has 5 nitrogen and oxygen atoms in total. The van der Waals surface area contributed by atoms with Gasteiger partial charge in [0.2, 0.25) is 6.04 Å². The number of nitro groups is 1. The number of hydrogen-bond donors (Lipinski definition) is 1. The highest BCUT2D eigenvalue weighted by Crippen LogP contribution is 2.34. The number of nitrogens with zero attached hydrogens (tertiary/aromatic N) is 1. The number of halogens is 2. The van der Waals surface area contributed by atoms with Crippen molar-refractivity contribution in [2.24, 2.45) is 0 Å². The zero-order valence-corrected chi connectivity index (χ0v) is 9.25. The number of aliphatic hydroxyl groups is 1. The predicted octanol–water partition coefficient (Wildman–Crippen LogP) is 1.78. The van der Waals surface area contributed by atoms with Crippen molar-refractivity contribution >= 4 is 0 Å². The maximum Gasteiger partial charge on any atom is 0.243 e. The van der Waals surface area contributed by atoms with E-state index in [2.05, 4.69) is 0 Å². The van der Waals surface area contributed by atoms with Crippen molar-refractivity contribution in [3.05, 3.63) is 45.5 Å². The van der Waals surface area contributed by atoms with Crippen LogP contribution in [0.15, 0.2) is 18.2 Å². The van der Waals surface area contributed by atoms with Crippen molar-refractivity contribution in [2.75, 3.05) is 0 Å². The number of benzene rings is 1. The second kappa shape index (κ2) is 4.95. The molecule has 0 aromatic heterocycles. The molecule has 1 aromatic carbocycles. The van der Waals surface area contributed by atoms with E-state index < -0.39 is 35.0 Å². The van der Waals surface area contributed by atoms with Gasteiger partial charge < -0.3 is 9.84 Å². The van der Waals surface area contributed by atoms with Crippen LogP contribution in [0, 0.1) is 21.7 Å². The third-order valence-electron chi connectivity index (χ3n) is 2.90. The highest BCUT2D eigenvalue weighted by Gasteiger charge is 2.41. The maximum absolute atomic E-state index is 13.6. The molecule has 98 valence electrons. The number of ether oxygens (including phenoxy) is 1. The lowest BCUT2D eigenvalue weighted by atomic mass is 9.95. The molecule has 1 saturated heterocycles. The van der Waals surface area contributed by atoms with E-state index in [1.54, 1.807) is 0 Å². The highest BCUT2D eigenvalue weighted by atomic mass is 19.1. The van der Waals surface area contributed by atoms with Crippen molar-refractivity contribution in [2.45, 2.75) is 31.3 Å². The molecule has 1 aliphatic heterocycles. The van der Waals surface area contributed by atoms with Gasteiger partial charge in [-0.25, -0.2) is 8.78 Å². The van der Waals surface area contributed by atoms with Gasteiger partial charge in [0.15, 0.2) is 12.4 Å². The van der Waals surface area contributed by atoms with Crippen LogP contribution in [-0.4, -0.2) is 22.4 Å². The number of rotatable bonds is 2. The molecule has 1 aliphatic rings. The summed E-state index contributed by atoms with van der Waals surface area (Å²) in [5.74, 6) is -1.50. The molecule has 1 fully saturated rings. The third kappa shape index (κ3) is 2.46. The first-order valence-electron chi connectivity index (χ1n) is 5.41. The standard InChI is InChI=1S/C11H11F2NO4/c12-6-1-2-8(13)7(5-6)11-9(14(16)17)3-4-10(15)18-11/h1-2,5,9-11,15H,3-4H2/t9-,10-,11-/m1/s1. The summed E-state index contributed by atoms with van der Waals surface area (Å²) in [4.78, 5) is 10.3. The Bertz CT molecular complexity index is 468. The molecule has 0 radical (unpaired) electrons. The van der Waals surface area contributed by atoms with Gasteiger partial charge in [-0.2, -0.15) is 0 Å². The summed E-state index contributed by atoms with van der Waals surface area (Å²) in [6.07, 6.45) is -2.33. The largest absolute Gasteiger partial charge is 0.368 e. The Morgan fingerprint density at radius 3 is 2.78 bits per heavy atom. The van der Waals surface area contributed by atoms with E-state index in [0.717, 1.165) is 18.2 Å². The Balaban J connectivity index is 2.37. The van der Waals surface area contributed by atoms with Crippen LogP contribution in [0.4, 0.5) is 8.78 Å². The summed E-state index contributed by atoms with van der Waals surface area (Å²) in [6.45, 7) is 0. The van der Waals surface area contributed by atoms with Crippen LogP contribution in [0.1, 0.15) is 24.5 Å². The minimum absolute atomic E-state index is 0.0504. The summed E-state index contributed by atoms with van der Waals surface area (Å²) in [6, 6.07) is 1.46. The van der Waals surface area contributed by atoms with Gasteiger partial charge in [0.05, 0.1) is 0 Å². The summed E-state index contributed by atoms with van der Waals surface area (Å²) in [7, 11) is 0. The number of aliphatic hydroxyl groups excluding tert-OH is 1. The second-order valence-corrected chi connectivity index (χ2v) is 4.11. The topological polar surface area (TPSA) is 72.6 Å². The first-order valence-corrected chi connectivity index (χ1v) is 5.41. The van der Waals surface area contributed by atoms with E-state index in [4.69, 9.17) is 4.74 Å². The van der Waals surface area contributed by atoms with Gasteiger partial charge in [0, 0.05) is 23.3 Å². The number of hydrogen-bond acceptors (Lipinski definition) is 4. The Kier molecular flexibility index (Phi) is 3.53. The van der Waals surface area contributed by atoms with E-state index in [0.29, 0.717) is 0 Å². The van der Waals surface area contributed by atoms with Gasteiger partial charge in [-0.3, -0.25) is 10.1 Å². The van der Waals surface area contributed by atoms with E-state index in [1.807, 2.05) is 0 Å². The van der Waals surface area contributed by atoms with Crippen molar-refractivity contribution in [1.29, 1.82) is 0 Å². The fraction of sp³-hybridized carbons (Fsp3) is 0.455. The molecule has 0 spiro atoms. The molecule has 7 heteroatoms. The van der Waals surface area contributed by atoms with Gasteiger partial charge in [0.1, 0.15) is 11.6 Å². The molecular weight excluding hydrogens is 248 g/mol. The van der Waals surface area contributed by atoms with E-state index in [9.17, 15) is 24.0 Å². The van der Waals surface area contributed by atoms with Crippen LogP contribution in [-0.2, 0) is 4.74 Å². The van der Waals surface area contributed by atoms with Crippen LogP contribution in [0.3, 0.4) is 0 Å². The van der Waals surface area contributed by atoms with Gasteiger partial charge in [-0.05, 0) is 18.2 Å². The molecule has 0 aliphatic carbocycles. The molecule has 1 N–H and O–H groups in total. The average molecular weight is 259 g/mol. The highest BCUT2D eigenvalue weighted by molar-refractivity contribution is 5.22. The molecule has 1 aromatic rings. The molecule has 18 heavy (non-hydrogen) atoms. The van der Waals surface area contributed by atoms with Crippen LogP contribution < -0.4 is 0 Å². The first kappa shape index (κ1) is 12.8. The zero-order chi connectivity index (χ0) is 13.3. The van der Waals surface area contributed by atoms with E-state index in [1.165, 1.54) is 0 Å². The summed E-state index contributed by atoms with van der Waals surface area (Å²) >= 11 is 0. The average Bonchev–Trinajstić information content (AvgIpc) is 2.31. The minimum Gasteiger partial charge on any atom is -0.368 e. The summed E-state index contributed by atoms with van der Waals surface area (Å²) in [5, 5.41) is 20.2. The van der Waals surface area contributed by atoms with Crippen LogP contribution >= 0.6 is 0 Å². The zero-order valence-electron chi connectivity index (χ0n) is 9.25. The van der Waals surface area contributed by atoms with Crippen LogP contribution in [0.2, 0.25) is 0 Å². The fourth-order valence-corrected chi connectivity index (χ4v) is 2.02. The van der Waals surface area contributed by atoms with Gasteiger partial charge >= 0.3 is 0 Å². The Morgan fingerprint density at radius 2 is 2.11 bits per heavy atom. The lowest BCUT2D eigenvalue weighted by molar-refractivity contribution is -0.547. The molecule has 2 rings (SSSR count). The van der Waals surface area contributed by atoms with Crippen LogP contribution in [0.5, 0.6) is 0 Å². The molecule has 0 unspecified atom stereocenters. The van der Waals surface area contributed by atoms with Crippen LogP contribution in [0.25, 0.3) is 0 Å². The lowest BCUT2D eigenvalue weighted by Crippen LogP contribution is -2.38. The maximum atomic E-state index is 13.6. The van der Waals surface area contributed by atoms with E-state index >= 15 is 0 Å². The Morgan fingerprint density at radius 1 is 1.39 bits per heavy atom. The van der Waals surface area contributed by atoms with Gasteiger partial charge in [0.25, 0.3) is 0 Å². The molecule has 0 amide bonds. The fourth-order valence-electron chi connectivity index (χ4n) is 2.02.